The van der Waals surface area contributed by atoms with E-state index in [0.717, 1.165) is 24.6 Å². The molecule has 1 aliphatic heterocycles. The highest BCUT2D eigenvalue weighted by molar-refractivity contribution is 5.94. The van der Waals surface area contributed by atoms with Crippen LogP contribution in [0.15, 0.2) is 47.1 Å². The van der Waals surface area contributed by atoms with Gasteiger partial charge in [-0.1, -0.05) is 0 Å². The maximum Gasteiger partial charge on any atom is 0.251 e. The first kappa shape index (κ1) is 19.3. The summed E-state index contributed by atoms with van der Waals surface area (Å²) in [5.74, 6) is 1.47. The van der Waals surface area contributed by atoms with Crippen molar-refractivity contribution in [1.29, 1.82) is 0 Å². The molecule has 2 aromatic rings. The van der Waals surface area contributed by atoms with Gasteiger partial charge in [-0.2, -0.15) is 0 Å². The summed E-state index contributed by atoms with van der Waals surface area (Å²) < 4.78 is 16.1. The first-order chi connectivity index (χ1) is 11.8. The summed E-state index contributed by atoms with van der Waals surface area (Å²) >= 11 is 0. The molecule has 7 heteroatoms. The van der Waals surface area contributed by atoms with E-state index in [-0.39, 0.29) is 24.4 Å². The predicted octanol–water partition coefficient (Wildman–Crippen LogP) is 2.51. The van der Waals surface area contributed by atoms with Crippen molar-refractivity contribution >= 4 is 18.3 Å². The van der Waals surface area contributed by atoms with E-state index < -0.39 is 0 Å². The Hall–Kier alpha value is -2.02. The average molecular weight is 367 g/mol. The molecule has 1 N–H and O–H groups in total. The van der Waals surface area contributed by atoms with E-state index in [1.165, 1.54) is 0 Å². The van der Waals surface area contributed by atoms with Gasteiger partial charge in [0.2, 0.25) is 0 Å². The van der Waals surface area contributed by atoms with Crippen LogP contribution >= 0.6 is 12.4 Å². The molecule has 0 radical (unpaired) electrons. The molecule has 1 saturated heterocycles. The lowest BCUT2D eigenvalue weighted by molar-refractivity contribution is 0.0118. The minimum Gasteiger partial charge on any atom is -0.497 e. The van der Waals surface area contributed by atoms with Gasteiger partial charge < -0.3 is 19.2 Å². The van der Waals surface area contributed by atoms with Crippen LogP contribution in [0.4, 0.5) is 0 Å². The van der Waals surface area contributed by atoms with Crippen LogP contribution in [0.1, 0.15) is 22.2 Å². The molecular formula is C18H23ClN2O4. The fourth-order valence-electron chi connectivity index (χ4n) is 2.81. The summed E-state index contributed by atoms with van der Waals surface area (Å²) in [4.78, 5) is 14.6. The molecule has 1 aromatic heterocycles. The van der Waals surface area contributed by atoms with Crippen LogP contribution in [0.2, 0.25) is 0 Å². The molecule has 0 aliphatic carbocycles. The molecule has 6 nitrogen and oxygen atoms in total. The van der Waals surface area contributed by atoms with Gasteiger partial charge >= 0.3 is 0 Å². The van der Waals surface area contributed by atoms with Crippen molar-refractivity contribution in [3.05, 3.63) is 54.0 Å². The Morgan fingerprint density at radius 2 is 1.96 bits per heavy atom. The molecule has 2 heterocycles. The molecule has 0 saturated carbocycles. The molecule has 1 amide bonds. The summed E-state index contributed by atoms with van der Waals surface area (Å²) in [6.45, 7) is 3.53. The summed E-state index contributed by atoms with van der Waals surface area (Å²) in [5.41, 5.74) is 0.607. The Balaban J connectivity index is 0.00000225. The number of rotatable bonds is 6. The summed E-state index contributed by atoms with van der Waals surface area (Å²) in [5, 5.41) is 3.00. The number of carbonyl (C=O) groups excluding carboxylic acids is 1. The minimum atomic E-state index is -0.109. The molecular weight excluding hydrogens is 344 g/mol. The van der Waals surface area contributed by atoms with Crippen LogP contribution in [0.25, 0.3) is 0 Å². The number of halogens is 1. The number of methoxy groups -OCH3 is 1. The quantitative estimate of drug-likeness (QED) is 0.851. The first-order valence-electron chi connectivity index (χ1n) is 8.05. The lowest BCUT2D eigenvalue weighted by Crippen LogP contribution is -2.43. The molecule has 1 aromatic carbocycles. The van der Waals surface area contributed by atoms with E-state index in [2.05, 4.69) is 10.2 Å². The summed E-state index contributed by atoms with van der Waals surface area (Å²) in [6.07, 6.45) is 1.66. The molecule has 3 rings (SSSR count). The Labute approximate surface area is 153 Å². The van der Waals surface area contributed by atoms with Crippen LogP contribution < -0.4 is 10.1 Å². The number of hydrogen-bond donors (Lipinski definition) is 1. The topological polar surface area (TPSA) is 63.9 Å². The Bertz CT molecular complexity index is 640. The third-order valence-corrected chi connectivity index (χ3v) is 4.17. The van der Waals surface area contributed by atoms with Gasteiger partial charge in [0.15, 0.2) is 0 Å². The number of carbonyl (C=O) groups is 1. The van der Waals surface area contributed by atoms with Gasteiger partial charge in [-0.25, -0.2) is 0 Å². The van der Waals surface area contributed by atoms with Gasteiger partial charge in [-0.15, -0.1) is 12.4 Å². The second kappa shape index (κ2) is 9.46. The zero-order chi connectivity index (χ0) is 16.8. The van der Waals surface area contributed by atoms with Crippen LogP contribution in [0.5, 0.6) is 5.75 Å². The van der Waals surface area contributed by atoms with E-state index in [0.29, 0.717) is 25.3 Å². The molecule has 0 spiro atoms. The SMILES string of the molecule is COc1ccc(C(=O)NCC(c2ccco2)N2CCOCC2)cc1.Cl. The number of amides is 1. The maximum atomic E-state index is 12.4. The standard InChI is InChI=1S/C18H22N2O4.ClH/c1-22-15-6-4-14(5-7-15)18(21)19-13-16(17-3-2-10-24-17)20-8-11-23-12-9-20;/h2-7,10,16H,8-9,11-13H2,1H3,(H,19,21);1H. The van der Waals surface area contributed by atoms with Crippen molar-refractivity contribution in [2.24, 2.45) is 0 Å². The van der Waals surface area contributed by atoms with Gasteiger partial charge in [0.05, 0.1) is 32.6 Å². The van der Waals surface area contributed by atoms with E-state index >= 15 is 0 Å². The number of morpholine rings is 1. The molecule has 0 bridgehead atoms. The van der Waals surface area contributed by atoms with Gasteiger partial charge in [0, 0.05) is 25.2 Å². The van der Waals surface area contributed by atoms with Crippen molar-refractivity contribution in [2.75, 3.05) is 40.0 Å². The van der Waals surface area contributed by atoms with E-state index in [1.54, 1.807) is 37.6 Å². The second-order valence-electron chi connectivity index (χ2n) is 5.62. The highest BCUT2D eigenvalue weighted by atomic mass is 35.5. The Kier molecular flexibility index (Phi) is 7.31. The van der Waals surface area contributed by atoms with Crippen molar-refractivity contribution in [3.63, 3.8) is 0 Å². The highest BCUT2D eigenvalue weighted by Crippen LogP contribution is 2.22. The maximum absolute atomic E-state index is 12.4. The number of furan rings is 1. The van der Waals surface area contributed by atoms with Crippen LogP contribution in [-0.4, -0.2) is 50.8 Å². The second-order valence-corrected chi connectivity index (χ2v) is 5.62. The predicted molar refractivity (Wildman–Crippen MR) is 96.4 cm³/mol. The zero-order valence-electron chi connectivity index (χ0n) is 14.1. The third-order valence-electron chi connectivity index (χ3n) is 4.17. The number of hydrogen-bond acceptors (Lipinski definition) is 5. The average Bonchev–Trinajstić information content (AvgIpc) is 3.17. The number of ether oxygens (including phenoxy) is 2. The fourth-order valence-corrected chi connectivity index (χ4v) is 2.81. The molecule has 1 unspecified atom stereocenters. The van der Waals surface area contributed by atoms with Gasteiger partial charge in [-0.3, -0.25) is 9.69 Å². The summed E-state index contributed by atoms with van der Waals surface area (Å²) in [6, 6.07) is 10.9. The largest absolute Gasteiger partial charge is 0.497 e. The van der Waals surface area contributed by atoms with Crippen molar-refractivity contribution in [2.45, 2.75) is 6.04 Å². The molecule has 136 valence electrons. The Morgan fingerprint density at radius 1 is 1.24 bits per heavy atom. The minimum absolute atomic E-state index is 0. The van der Waals surface area contributed by atoms with Crippen molar-refractivity contribution in [3.8, 4) is 5.75 Å². The number of nitrogens with zero attached hydrogens (tertiary/aromatic N) is 1. The monoisotopic (exact) mass is 366 g/mol. The normalized spacial score (nSPS) is 15.9. The van der Waals surface area contributed by atoms with E-state index in [9.17, 15) is 4.79 Å². The third kappa shape index (κ3) is 4.98. The van der Waals surface area contributed by atoms with Crippen LogP contribution in [0, 0.1) is 0 Å². The van der Waals surface area contributed by atoms with Crippen LogP contribution in [0.3, 0.4) is 0 Å². The lowest BCUT2D eigenvalue weighted by atomic mass is 10.1. The highest BCUT2D eigenvalue weighted by Gasteiger charge is 2.25. The molecule has 1 atom stereocenters. The zero-order valence-corrected chi connectivity index (χ0v) is 15.0. The van der Waals surface area contributed by atoms with Gasteiger partial charge in [-0.05, 0) is 36.4 Å². The number of nitrogens with one attached hydrogen (secondary N) is 1. The Morgan fingerprint density at radius 3 is 2.56 bits per heavy atom. The van der Waals surface area contributed by atoms with E-state index in [4.69, 9.17) is 13.9 Å². The molecule has 1 aliphatic rings. The smallest absolute Gasteiger partial charge is 0.251 e. The molecule has 1 fully saturated rings. The van der Waals surface area contributed by atoms with E-state index in [1.807, 2.05) is 12.1 Å². The summed E-state index contributed by atoms with van der Waals surface area (Å²) in [7, 11) is 1.60. The lowest BCUT2D eigenvalue weighted by Gasteiger charge is -2.33. The van der Waals surface area contributed by atoms with Gasteiger partial charge in [0.25, 0.3) is 5.91 Å². The number of benzene rings is 1. The van der Waals surface area contributed by atoms with Crippen molar-refractivity contribution in [1.82, 2.24) is 10.2 Å². The first-order valence-corrected chi connectivity index (χ1v) is 8.05. The van der Waals surface area contributed by atoms with Gasteiger partial charge in [0.1, 0.15) is 11.5 Å². The van der Waals surface area contributed by atoms with Crippen molar-refractivity contribution < 1.29 is 18.7 Å². The fraction of sp³-hybridized carbons (Fsp3) is 0.389. The van der Waals surface area contributed by atoms with Crippen LogP contribution in [-0.2, 0) is 4.74 Å². The molecule has 25 heavy (non-hydrogen) atoms.